The summed E-state index contributed by atoms with van der Waals surface area (Å²) in [5, 5.41) is 0. The normalized spacial score (nSPS) is 21.5. The first-order chi connectivity index (χ1) is 8.93. The predicted molar refractivity (Wildman–Crippen MR) is 69.6 cm³/mol. The average molecular weight is 288 g/mol. The van der Waals surface area contributed by atoms with Crippen LogP contribution in [0.5, 0.6) is 0 Å². The fourth-order valence-corrected chi connectivity index (χ4v) is 3.56. The quantitative estimate of drug-likeness (QED) is 0.848. The Morgan fingerprint density at radius 3 is 2.84 bits per heavy atom. The number of morpholine rings is 1. The highest BCUT2D eigenvalue weighted by molar-refractivity contribution is 7.89. The zero-order valence-corrected chi connectivity index (χ0v) is 11.5. The first-order valence-electron chi connectivity index (χ1n) is 6.11. The molecule has 1 unspecified atom stereocenters. The number of hydrogen-bond acceptors (Lipinski definition) is 4. The van der Waals surface area contributed by atoms with Gasteiger partial charge in [0, 0.05) is 18.8 Å². The molecule has 1 atom stereocenters. The van der Waals surface area contributed by atoms with Crippen molar-refractivity contribution in [2.24, 2.45) is 0 Å². The summed E-state index contributed by atoms with van der Waals surface area (Å²) in [4.78, 5) is -0.109. The smallest absolute Gasteiger partial charge is 0.243 e. The van der Waals surface area contributed by atoms with E-state index in [0.717, 1.165) is 18.6 Å². The molecule has 0 aromatic heterocycles. The average Bonchev–Trinajstić information content (AvgIpc) is 2.37. The van der Waals surface area contributed by atoms with Crippen molar-refractivity contribution in [3.8, 4) is 0 Å². The van der Waals surface area contributed by atoms with Gasteiger partial charge in [0.15, 0.2) is 0 Å². The van der Waals surface area contributed by atoms with Crippen molar-refractivity contribution in [2.75, 3.05) is 25.4 Å². The summed E-state index contributed by atoms with van der Waals surface area (Å²) in [6.45, 7) is 2.84. The van der Waals surface area contributed by atoms with Gasteiger partial charge in [0.1, 0.15) is 5.82 Å². The second-order valence-electron chi connectivity index (χ2n) is 4.48. The van der Waals surface area contributed by atoms with E-state index in [0.29, 0.717) is 6.61 Å². The van der Waals surface area contributed by atoms with Crippen LogP contribution < -0.4 is 5.73 Å². The fraction of sp³-hybridized carbons (Fsp3) is 0.500. The van der Waals surface area contributed by atoms with Gasteiger partial charge in [0.2, 0.25) is 10.0 Å². The van der Waals surface area contributed by atoms with E-state index in [1.54, 1.807) is 0 Å². The van der Waals surface area contributed by atoms with Gasteiger partial charge in [-0.2, -0.15) is 4.31 Å². The molecule has 5 nitrogen and oxygen atoms in total. The van der Waals surface area contributed by atoms with Crippen LogP contribution in [0.1, 0.15) is 13.3 Å². The van der Waals surface area contributed by atoms with E-state index in [-0.39, 0.29) is 29.8 Å². The lowest BCUT2D eigenvalue weighted by Crippen LogP contribution is -2.45. The number of nitrogens with zero attached hydrogens (tertiary/aromatic N) is 1. The minimum absolute atomic E-state index is 0.0962. The molecule has 0 aliphatic carbocycles. The molecule has 1 saturated heterocycles. The maximum atomic E-state index is 13.3. The molecule has 1 fully saturated rings. The number of hydrogen-bond donors (Lipinski definition) is 1. The number of nitrogens with two attached hydrogens (primary N) is 1. The Morgan fingerprint density at radius 2 is 2.21 bits per heavy atom. The molecule has 19 heavy (non-hydrogen) atoms. The zero-order valence-electron chi connectivity index (χ0n) is 10.7. The Balaban J connectivity index is 2.31. The molecule has 1 heterocycles. The molecule has 0 amide bonds. The second-order valence-corrected chi connectivity index (χ2v) is 6.42. The molecule has 1 aromatic carbocycles. The molecule has 0 bridgehead atoms. The summed E-state index contributed by atoms with van der Waals surface area (Å²) in [6, 6.07) is 3.35. The SMILES string of the molecule is CCC1CN(S(=O)(=O)c2cc(N)cc(F)c2)CCO1. The lowest BCUT2D eigenvalue weighted by Gasteiger charge is -2.31. The molecule has 7 heteroatoms. The highest BCUT2D eigenvalue weighted by Crippen LogP contribution is 2.22. The third-order valence-corrected chi connectivity index (χ3v) is 4.93. The first kappa shape index (κ1) is 14.2. The predicted octanol–water partition coefficient (Wildman–Crippen LogP) is 1.21. The van der Waals surface area contributed by atoms with Crippen LogP contribution in [-0.2, 0) is 14.8 Å². The highest BCUT2D eigenvalue weighted by Gasteiger charge is 2.30. The third-order valence-electron chi connectivity index (χ3n) is 3.09. The lowest BCUT2D eigenvalue weighted by atomic mass is 10.2. The monoisotopic (exact) mass is 288 g/mol. The summed E-state index contributed by atoms with van der Waals surface area (Å²) in [5.41, 5.74) is 5.59. The zero-order chi connectivity index (χ0) is 14.0. The maximum absolute atomic E-state index is 13.3. The number of sulfonamides is 1. The highest BCUT2D eigenvalue weighted by atomic mass is 32.2. The Morgan fingerprint density at radius 1 is 1.47 bits per heavy atom. The van der Waals surface area contributed by atoms with Crippen molar-refractivity contribution in [1.29, 1.82) is 0 Å². The standard InChI is InChI=1S/C12H17FN2O3S/c1-2-11-8-15(3-4-18-11)19(16,17)12-6-9(13)5-10(14)7-12/h5-7,11H,2-4,8,14H2,1H3. The molecule has 2 rings (SSSR count). The summed E-state index contributed by atoms with van der Waals surface area (Å²) < 4.78 is 44.8. The van der Waals surface area contributed by atoms with Crippen molar-refractivity contribution < 1.29 is 17.5 Å². The number of nitrogen functional groups attached to an aromatic ring is 1. The molecular weight excluding hydrogens is 271 g/mol. The van der Waals surface area contributed by atoms with E-state index < -0.39 is 15.8 Å². The Labute approximate surface area is 112 Å². The molecular formula is C12H17FN2O3S. The van der Waals surface area contributed by atoms with E-state index >= 15 is 0 Å². The molecule has 1 aliphatic rings. The van der Waals surface area contributed by atoms with Gasteiger partial charge in [0.25, 0.3) is 0 Å². The van der Waals surface area contributed by atoms with Crippen molar-refractivity contribution in [1.82, 2.24) is 4.31 Å². The van der Waals surface area contributed by atoms with Crippen LogP contribution >= 0.6 is 0 Å². The van der Waals surface area contributed by atoms with Gasteiger partial charge in [-0.05, 0) is 24.6 Å². The van der Waals surface area contributed by atoms with E-state index in [4.69, 9.17) is 10.5 Å². The lowest BCUT2D eigenvalue weighted by molar-refractivity contribution is -0.00278. The summed E-state index contributed by atoms with van der Waals surface area (Å²) in [6.07, 6.45) is 0.617. The second kappa shape index (κ2) is 5.44. The van der Waals surface area contributed by atoms with Gasteiger partial charge in [-0.15, -0.1) is 0 Å². The largest absolute Gasteiger partial charge is 0.399 e. The fourth-order valence-electron chi connectivity index (χ4n) is 2.04. The van der Waals surface area contributed by atoms with Gasteiger partial charge in [-0.1, -0.05) is 6.92 Å². The first-order valence-corrected chi connectivity index (χ1v) is 7.55. The number of benzene rings is 1. The van der Waals surface area contributed by atoms with Crippen molar-refractivity contribution in [3.63, 3.8) is 0 Å². The van der Waals surface area contributed by atoms with Crippen LogP contribution in [0, 0.1) is 5.82 Å². The molecule has 0 spiro atoms. The van der Waals surface area contributed by atoms with Crippen molar-refractivity contribution in [2.45, 2.75) is 24.3 Å². The van der Waals surface area contributed by atoms with E-state index in [1.807, 2.05) is 6.92 Å². The maximum Gasteiger partial charge on any atom is 0.243 e. The molecule has 1 aromatic rings. The van der Waals surface area contributed by atoms with E-state index in [2.05, 4.69) is 0 Å². The summed E-state index contributed by atoms with van der Waals surface area (Å²) >= 11 is 0. The van der Waals surface area contributed by atoms with Crippen LogP contribution in [-0.4, -0.2) is 38.5 Å². The molecule has 2 N–H and O–H groups in total. The minimum atomic E-state index is -3.72. The van der Waals surface area contributed by atoms with Gasteiger partial charge in [0.05, 0.1) is 17.6 Å². The van der Waals surface area contributed by atoms with Crippen LogP contribution in [0.2, 0.25) is 0 Å². The van der Waals surface area contributed by atoms with Crippen molar-refractivity contribution >= 4 is 15.7 Å². The van der Waals surface area contributed by atoms with Crippen LogP contribution in [0.15, 0.2) is 23.1 Å². The number of rotatable bonds is 3. The summed E-state index contributed by atoms with van der Waals surface area (Å²) in [7, 11) is -3.72. The van der Waals surface area contributed by atoms with Crippen molar-refractivity contribution in [3.05, 3.63) is 24.0 Å². The third kappa shape index (κ3) is 3.05. The number of anilines is 1. The molecule has 1 aliphatic heterocycles. The van der Waals surface area contributed by atoms with Gasteiger partial charge < -0.3 is 10.5 Å². The Bertz CT molecular complexity index is 542. The molecule has 106 valence electrons. The number of halogens is 1. The van der Waals surface area contributed by atoms with Crippen LogP contribution in [0.4, 0.5) is 10.1 Å². The van der Waals surface area contributed by atoms with Crippen LogP contribution in [0.3, 0.4) is 0 Å². The van der Waals surface area contributed by atoms with Crippen LogP contribution in [0.25, 0.3) is 0 Å². The Kier molecular flexibility index (Phi) is 4.07. The number of ether oxygens (including phenoxy) is 1. The summed E-state index contributed by atoms with van der Waals surface area (Å²) in [5.74, 6) is -0.654. The van der Waals surface area contributed by atoms with E-state index in [1.165, 1.54) is 10.4 Å². The molecule has 0 radical (unpaired) electrons. The Hall–Kier alpha value is -1.18. The topological polar surface area (TPSA) is 72.6 Å². The van der Waals surface area contributed by atoms with Gasteiger partial charge in [-0.25, -0.2) is 12.8 Å². The van der Waals surface area contributed by atoms with Gasteiger partial charge >= 0.3 is 0 Å². The minimum Gasteiger partial charge on any atom is -0.399 e. The van der Waals surface area contributed by atoms with Gasteiger partial charge in [-0.3, -0.25) is 0 Å². The molecule has 0 saturated carbocycles. The van der Waals surface area contributed by atoms with E-state index in [9.17, 15) is 12.8 Å².